The van der Waals surface area contributed by atoms with Crippen molar-refractivity contribution in [3.05, 3.63) is 29.6 Å². The maximum atomic E-state index is 6.82. The third kappa shape index (κ3) is 1.48. The summed E-state index contributed by atoms with van der Waals surface area (Å²) < 4.78 is 0. The van der Waals surface area contributed by atoms with E-state index in [4.69, 9.17) is 12.3 Å². The predicted molar refractivity (Wildman–Crippen MR) is 51.4 cm³/mol. The van der Waals surface area contributed by atoms with Crippen LogP contribution in [0.4, 0.5) is 17.1 Å². The molecule has 0 aliphatic heterocycles. The summed E-state index contributed by atoms with van der Waals surface area (Å²) in [4.78, 5) is 5.22. The molecule has 0 aromatic heterocycles. The van der Waals surface area contributed by atoms with Crippen molar-refractivity contribution in [3.63, 3.8) is 0 Å². The SMILES string of the molecule is [C-]#[N+]c1ccc(N)c(N(C)C)c1. The second-order valence-electron chi connectivity index (χ2n) is 2.75. The van der Waals surface area contributed by atoms with Gasteiger partial charge in [0.25, 0.3) is 0 Å². The van der Waals surface area contributed by atoms with Crippen molar-refractivity contribution < 1.29 is 0 Å². The van der Waals surface area contributed by atoms with E-state index in [0.717, 1.165) is 5.69 Å². The van der Waals surface area contributed by atoms with E-state index in [9.17, 15) is 0 Å². The third-order valence-electron chi connectivity index (χ3n) is 1.62. The number of rotatable bonds is 1. The predicted octanol–water partition coefficient (Wildman–Crippen LogP) is 1.89. The summed E-state index contributed by atoms with van der Waals surface area (Å²) in [7, 11) is 3.80. The summed E-state index contributed by atoms with van der Waals surface area (Å²) in [6, 6.07) is 5.25. The van der Waals surface area contributed by atoms with Crippen LogP contribution in [0.25, 0.3) is 4.85 Å². The molecule has 0 unspecified atom stereocenters. The van der Waals surface area contributed by atoms with Gasteiger partial charge in [0.15, 0.2) is 5.69 Å². The minimum atomic E-state index is 0.618. The van der Waals surface area contributed by atoms with E-state index < -0.39 is 0 Å². The Balaban J connectivity index is 3.19. The molecule has 0 atom stereocenters. The first kappa shape index (κ1) is 8.41. The van der Waals surface area contributed by atoms with Crippen molar-refractivity contribution in [1.82, 2.24) is 0 Å². The number of hydrogen-bond acceptors (Lipinski definition) is 2. The number of anilines is 2. The molecular formula is C9H11N3. The molecular weight excluding hydrogens is 150 g/mol. The number of nitrogen functional groups attached to an aromatic ring is 1. The minimum Gasteiger partial charge on any atom is -0.397 e. The Kier molecular flexibility index (Phi) is 2.20. The van der Waals surface area contributed by atoms with Gasteiger partial charge in [-0.25, -0.2) is 4.85 Å². The van der Waals surface area contributed by atoms with Crippen LogP contribution in [0.2, 0.25) is 0 Å². The lowest BCUT2D eigenvalue weighted by Crippen LogP contribution is -2.10. The Morgan fingerprint density at radius 1 is 1.42 bits per heavy atom. The standard InChI is InChI=1S/C9H11N3/c1-11-7-4-5-8(10)9(6-7)12(2)3/h4-6H,10H2,2-3H3. The van der Waals surface area contributed by atoms with Crippen LogP contribution in [-0.2, 0) is 0 Å². The Labute approximate surface area is 72.2 Å². The summed E-state index contributed by atoms with van der Waals surface area (Å²) in [5.41, 5.74) is 7.91. The highest BCUT2D eigenvalue weighted by Gasteiger charge is 2.01. The van der Waals surface area contributed by atoms with Crippen molar-refractivity contribution in [2.24, 2.45) is 0 Å². The number of benzene rings is 1. The highest BCUT2D eigenvalue weighted by atomic mass is 15.1. The van der Waals surface area contributed by atoms with Crippen LogP contribution >= 0.6 is 0 Å². The summed E-state index contributed by atoms with van der Waals surface area (Å²) in [5.74, 6) is 0. The molecule has 0 amide bonds. The van der Waals surface area contributed by atoms with Crippen LogP contribution < -0.4 is 10.6 Å². The van der Waals surface area contributed by atoms with E-state index in [-0.39, 0.29) is 0 Å². The van der Waals surface area contributed by atoms with Gasteiger partial charge in [-0.15, -0.1) is 0 Å². The van der Waals surface area contributed by atoms with Gasteiger partial charge in [-0.2, -0.15) is 0 Å². The number of nitrogens with zero attached hydrogens (tertiary/aromatic N) is 2. The molecule has 1 rings (SSSR count). The van der Waals surface area contributed by atoms with Crippen LogP contribution in [0.5, 0.6) is 0 Å². The average Bonchev–Trinajstić information content (AvgIpc) is 2.05. The number of hydrogen-bond donors (Lipinski definition) is 1. The van der Waals surface area contributed by atoms with Gasteiger partial charge in [0, 0.05) is 19.8 Å². The molecule has 0 saturated heterocycles. The molecule has 62 valence electrons. The average molecular weight is 161 g/mol. The fourth-order valence-electron chi connectivity index (χ4n) is 0.989. The van der Waals surface area contributed by atoms with Gasteiger partial charge in [-0.05, 0) is 12.1 Å². The van der Waals surface area contributed by atoms with Crippen molar-refractivity contribution in [2.75, 3.05) is 24.7 Å². The zero-order chi connectivity index (χ0) is 9.14. The van der Waals surface area contributed by atoms with Crippen LogP contribution in [0.15, 0.2) is 18.2 Å². The quantitative estimate of drug-likeness (QED) is 0.504. The van der Waals surface area contributed by atoms with Gasteiger partial charge >= 0.3 is 0 Å². The van der Waals surface area contributed by atoms with Crippen molar-refractivity contribution in [1.29, 1.82) is 0 Å². The summed E-state index contributed by atoms with van der Waals surface area (Å²) >= 11 is 0. The molecule has 0 radical (unpaired) electrons. The molecule has 1 aromatic rings. The Morgan fingerprint density at radius 3 is 2.58 bits per heavy atom. The van der Waals surface area contributed by atoms with Gasteiger partial charge in [0.2, 0.25) is 0 Å². The summed E-state index contributed by atoms with van der Waals surface area (Å²) in [5, 5.41) is 0. The van der Waals surface area contributed by atoms with Crippen LogP contribution in [0, 0.1) is 6.57 Å². The van der Waals surface area contributed by atoms with E-state index in [1.165, 1.54) is 0 Å². The Bertz CT molecular complexity index is 323. The Hall–Kier alpha value is -1.69. The van der Waals surface area contributed by atoms with E-state index in [1.54, 1.807) is 18.2 Å². The fourth-order valence-corrected chi connectivity index (χ4v) is 0.989. The van der Waals surface area contributed by atoms with E-state index in [2.05, 4.69) is 4.85 Å². The second kappa shape index (κ2) is 3.14. The van der Waals surface area contributed by atoms with E-state index in [0.29, 0.717) is 11.4 Å². The van der Waals surface area contributed by atoms with E-state index in [1.807, 2.05) is 19.0 Å². The molecule has 3 nitrogen and oxygen atoms in total. The van der Waals surface area contributed by atoms with Gasteiger partial charge in [0.05, 0.1) is 12.3 Å². The zero-order valence-electron chi connectivity index (χ0n) is 7.20. The lowest BCUT2D eigenvalue weighted by atomic mass is 10.2. The maximum Gasteiger partial charge on any atom is 0.189 e. The molecule has 12 heavy (non-hydrogen) atoms. The smallest absolute Gasteiger partial charge is 0.189 e. The van der Waals surface area contributed by atoms with E-state index >= 15 is 0 Å². The van der Waals surface area contributed by atoms with Gasteiger partial charge < -0.3 is 10.6 Å². The monoisotopic (exact) mass is 161 g/mol. The Morgan fingerprint density at radius 2 is 2.08 bits per heavy atom. The summed E-state index contributed by atoms with van der Waals surface area (Å²) in [6.45, 7) is 6.82. The molecule has 0 fully saturated rings. The fraction of sp³-hybridized carbons (Fsp3) is 0.222. The summed E-state index contributed by atoms with van der Waals surface area (Å²) in [6.07, 6.45) is 0. The molecule has 0 bridgehead atoms. The van der Waals surface area contributed by atoms with Crippen LogP contribution in [0.3, 0.4) is 0 Å². The van der Waals surface area contributed by atoms with Crippen LogP contribution in [0.1, 0.15) is 0 Å². The van der Waals surface area contributed by atoms with Crippen LogP contribution in [-0.4, -0.2) is 14.1 Å². The lowest BCUT2D eigenvalue weighted by Gasteiger charge is -2.15. The largest absolute Gasteiger partial charge is 0.397 e. The lowest BCUT2D eigenvalue weighted by molar-refractivity contribution is 1.14. The molecule has 0 aliphatic rings. The maximum absolute atomic E-state index is 6.82. The van der Waals surface area contributed by atoms with Gasteiger partial charge in [0.1, 0.15) is 0 Å². The topological polar surface area (TPSA) is 33.6 Å². The van der Waals surface area contributed by atoms with Crippen molar-refractivity contribution >= 4 is 17.1 Å². The highest BCUT2D eigenvalue weighted by molar-refractivity contribution is 5.72. The molecule has 3 heteroatoms. The number of nitrogens with two attached hydrogens (primary N) is 1. The molecule has 0 saturated carbocycles. The molecule has 2 N–H and O–H groups in total. The first-order valence-corrected chi connectivity index (χ1v) is 3.59. The first-order valence-electron chi connectivity index (χ1n) is 3.59. The first-order chi connectivity index (χ1) is 5.65. The molecule has 0 spiro atoms. The molecule has 0 heterocycles. The van der Waals surface area contributed by atoms with Gasteiger partial charge in [-0.3, -0.25) is 0 Å². The second-order valence-corrected chi connectivity index (χ2v) is 2.75. The minimum absolute atomic E-state index is 0.618. The normalized spacial score (nSPS) is 9.08. The van der Waals surface area contributed by atoms with Crippen molar-refractivity contribution in [2.45, 2.75) is 0 Å². The molecule has 0 aliphatic carbocycles. The zero-order valence-corrected chi connectivity index (χ0v) is 7.20. The third-order valence-corrected chi connectivity index (χ3v) is 1.62. The molecule has 1 aromatic carbocycles. The van der Waals surface area contributed by atoms with Crippen molar-refractivity contribution in [3.8, 4) is 0 Å². The van der Waals surface area contributed by atoms with Gasteiger partial charge in [-0.1, -0.05) is 6.07 Å². The highest BCUT2D eigenvalue weighted by Crippen LogP contribution is 2.26.